The van der Waals surface area contributed by atoms with Crippen LogP contribution in [-0.4, -0.2) is 64.8 Å². The SMILES string of the molecule is CC(C)C[C@H](NC(=O)[C@H](CC(N)=O)NC(=O)Cc1ccccc1)C(=O)N[C@H](C(=O)N[C@@H](C)C(=O)O)C(C)C. The van der Waals surface area contributed by atoms with Gasteiger partial charge < -0.3 is 32.1 Å². The number of amides is 5. The number of hydrogen-bond donors (Lipinski definition) is 6. The minimum absolute atomic E-state index is 0.0285. The first-order valence-corrected chi connectivity index (χ1v) is 12.5. The summed E-state index contributed by atoms with van der Waals surface area (Å²) in [6, 6.07) is 4.15. The quantitative estimate of drug-likeness (QED) is 0.180. The zero-order valence-electron chi connectivity index (χ0n) is 22.4. The Morgan fingerprint density at radius 2 is 1.37 bits per heavy atom. The number of carbonyl (C=O) groups excluding carboxylic acids is 5. The Kier molecular flexibility index (Phi) is 12.9. The summed E-state index contributed by atoms with van der Waals surface area (Å²) >= 11 is 0. The molecule has 0 heterocycles. The largest absolute Gasteiger partial charge is 0.480 e. The molecule has 0 spiro atoms. The van der Waals surface area contributed by atoms with E-state index in [2.05, 4.69) is 21.3 Å². The van der Waals surface area contributed by atoms with Crippen molar-refractivity contribution in [1.82, 2.24) is 21.3 Å². The summed E-state index contributed by atoms with van der Waals surface area (Å²) in [6.45, 7) is 8.31. The molecule has 0 saturated carbocycles. The van der Waals surface area contributed by atoms with Gasteiger partial charge in [0.2, 0.25) is 29.5 Å². The third-order valence-corrected chi connectivity index (χ3v) is 5.58. The van der Waals surface area contributed by atoms with Crippen LogP contribution in [0.5, 0.6) is 0 Å². The molecule has 1 aromatic rings. The van der Waals surface area contributed by atoms with E-state index in [1.54, 1.807) is 44.2 Å². The predicted octanol–water partition coefficient (Wildman–Crippen LogP) is -0.150. The molecule has 12 nitrogen and oxygen atoms in total. The molecule has 0 radical (unpaired) electrons. The van der Waals surface area contributed by atoms with Gasteiger partial charge in [-0.15, -0.1) is 0 Å². The van der Waals surface area contributed by atoms with E-state index in [1.807, 2.05) is 13.8 Å². The molecule has 5 amide bonds. The Balaban J connectivity index is 3.02. The van der Waals surface area contributed by atoms with Gasteiger partial charge in [-0.25, -0.2) is 0 Å². The molecule has 4 atom stereocenters. The molecule has 0 aliphatic rings. The van der Waals surface area contributed by atoms with E-state index in [9.17, 15) is 28.8 Å². The van der Waals surface area contributed by atoms with Gasteiger partial charge in [-0.3, -0.25) is 28.8 Å². The lowest BCUT2D eigenvalue weighted by Crippen LogP contribution is -2.59. The third kappa shape index (κ3) is 11.4. The van der Waals surface area contributed by atoms with E-state index in [4.69, 9.17) is 10.8 Å². The van der Waals surface area contributed by atoms with Crippen LogP contribution in [0, 0.1) is 11.8 Å². The monoisotopic (exact) mass is 533 g/mol. The number of nitrogens with one attached hydrogen (secondary N) is 4. The second-order valence-electron chi connectivity index (χ2n) is 9.94. The number of benzene rings is 1. The Morgan fingerprint density at radius 1 is 0.789 bits per heavy atom. The van der Waals surface area contributed by atoms with Crippen molar-refractivity contribution in [2.24, 2.45) is 17.6 Å². The molecule has 38 heavy (non-hydrogen) atoms. The van der Waals surface area contributed by atoms with Gasteiger partial charge in [-0.2, -0.15) is 0 Å². The van der Waals surface area contributed by atoms with E-state index in [-0.39, 0.29) is 18.8 Å². The molecule has 0 aliphatic heterocycles. The molecule has 0 aromatic heterocycles. The number of aliphatic carboxylic acids is 1. The second-order valence-corrected chi connectivity index (χ2v) is 9.94. The van der Waals surface area contributed by atoms with Crippen molar-refractivity contribution in [3.8, 4) is 0 Å². The second kappa shape index (κ2) is 15.3. The minimum Gasteiger partial charge on any atom is -0.480 e. The Hall–Kier alpha value is -3.96. The van der Waals surface area contributed by atoms with Crippen molar-refractivity contribution in [2.45, 2.75) is 78.0 Å². The number of rotatable bonds is 15. The molecule has 210 valence electrons. The summed E-state index contributed by atoms with van der Waals surface area (Å²) in [7, 11) is 0. The maximum atomic E-state index is 13.2. The van der Waals surface area contributed by atoms with E-state index >= 15 is 0 Å². The fraction of sp³-hybridized carbons (Fsp3) is 0.538. The van der Waals surface area contributed by atoms with Crippen molar-refractivity contribution in [3.05, 3.63) is 35.9 Å². The minimum atomic E-state index is -1.31. The first-order valence-electron chi connectivity index (χ1n) is 12.5. The fourth-order valence-corrected chi connectivity index (χ4v) is 3.57. The third-order valence-electron chi connectivity index (χ3n) is 5.58. The molecule has 0 fully saturated rings. The highest BCUT2D eigenvalue weighted by atomic mass is 16.4. The Labute approximate surface area is 222 Å². The van der Waals surface area contributed by atoms with E-state index < -0.39 is 72.0 Å². The number of carboxylic acids is 1. The summed E-state index contributed by atoms with van der Waals surface area (Å²) < 4.78 is 0. The average Bonchev–Trinajstić information content (AvgIpc) is 2.80. The van der Waals surface area contributed by atoms with Crippen molar-refractivity contribution in [1.29, 1.82) is 0 Å². The molecular weight excluding hydrogens is 494 g/mol. The summed E-state index contributed by atoms with van der Waals surface area (Å²) in [5.74, 6) is -5.13. The molecular formula is C26H39N5O7. The van der Waals surface area contributed by atoms with Crippen molar-refractivity contribution >= 4 is 35.5 Å². The van der Waals surface area contributed by atoms with Crippen LogP contribution in [0.2, 0.25) is 0 Å². The van der Waals surface area contributed by atoms with Gasteiger partial charge in [0.15, 0.2) is 0 Å². The Bertz CT molecular complexity index is 997. The lowest BCUT2D eigenvalue weighted by atomic mass is 9.99. The Morgan fingerprint density at radius 3 is 1.87 bits per heavy atom. The average molecular weight is 534 g/mol. The first kappa shape index (κ1) is 32.1. The maximum Gasteiger partial charge on any atom is 0.325 e. The molecule has 7 N–H and O–H groups in total. The van der Waals surface area contributed by atoms with E-state index in [0.717, 1.165) is 0 Å². The molecule has 12 heteroatoms. The first-order chi connectivity index (χ1) is 17.7. The molecule has 0 saturated heterocycles. The molecule has 1 aromatic carbocycles. The number of carbonyl (C=O) groups is 6. The van der Waals surface area contributed by atoms with Crippen molar-refractivity contribution in [2.75, 3.05) is 0 Å². The molecule has 0 aliphatic carbocycles. The number of nitrogens with two attached hydrogens (primary N) is 1. The van der Waals surface area contributed by atoms with Crippen molar-refractivity contribution < 1.29 is 33.9 Å². The fourth-order valence-electron chi connectivity index (χ4n) is 3.57. The maximum absolute atomic E-state index is 13.2. The van der Waals surface area contributed by atoms with Crippen LogP contribution < -0.4 is 27.0 Å². The summed E-state index contributed by atoms with van der Waals surface area (Å²) in [6.07, 6.45) is -0.317. The van der Waals surface area contributed by atoms with Crippen LogP contribution in [-0.2, 0) is 35.2 Å². The van der Waals surface area contributed by atoms with Crippen LogP contribution >= 0.6 is 0 Å². The summed E-state index contributed by atoms with van der Waals surface area (Å²) in [5, 5.41) is 19.0. The van der Waals surface area contributed by atoms with E-state index in [1.165, 1.54) is 6.92 Å². The standard InChI is InChI=1S/C26H39N5O7/c1-14(2)11-18(24(35)31-22(15(3)4)25(36)28-16(5)26(37)38)30-23(34)19(13-20(27)32)29-21(33)12-17-9-7-6-8-10-17/h6-10,14-16,18-19,22H,11-13H2,1-5H3,(H2,27,32)(H,28,36)(H,29,33)(H,30,34)(H,31,35)(H,37,38)/t16-,18-,19-,22-/m0/s1. The highest BCUT2D eigenvalue weighted by molar-refractivity contribution is 5.96. The molecule has 1 rings (SSSR count). The van der Waals surface area contributed by atoms with Crippen LogP contribution in [0.15, 0.2) is 30.3 Å². The highest BCUT2D eigenvalue weighted by Crippen LogP contribution is 2.09. The van der Waals surface area contributed by atoms with Crippen LogP contribution in [0.3, 0.4) is 0 Å². The van der Waals surface area contributed by atoms with Crippen LogP contribution in [0.1, 0.15) is 53.0 Å². The highest BCUT2D eigenvalue weighted by Gasteiger charge is 2.32. The van der Waals surface area contributed by atoms with Crippen LogP contribution in [0.25, 0.3) is 0 Å². The van der Waals surface area contributed by atoms with Crippen molar-refractivity contribution in [3.63, 3.8) is 0 Å². The van der Waals surface area contributed by atoms with Gasteiger partial charge >= 0.3 is 5.97 Å². The van der Waals surface area contributed by atoms with Gasteiger partial charge in [0.25, 0.3) is 0 Å². The summed E-state index contributed by atoms with van der Waals surface area (Å²) in [5.41, 5.74) is 5.99. The lowest BCUT2D eigenvalue weighted by Gasteiger charge is -2.27. The van der Waals surface area contributed by atoms with Gasteiger partial charge in [-0.1, -0.05) is 58.0 Å². The number of primary amides is 1. The topological polar surface area (TPSA) is 197 Å². The molecule has 0 bridgehead atoms. The zero-order chi connectivity index (χ0) is 29.0. The number of carboxylic acid groups (broad SMARTS) is 1. The summed E-state index contributed by atoms with van der Waals surface area (Å²) in [4.78, 5) is 74.1. The number of hydrogen-bond acceptors (Lipinski definition) is 6. The van der Waals surface area contributed by atoms with Gasteiger partial charge in [0.1, 0.15) is 24.2 Å². The smallest absolute Gasteiger partial charge is 0.325 e. The predicted molar refractivity (Wildman–Crippen MR) is 139 cm³/mol. The van der Waals surface area contributed by atoms with Gasteiger partial charge in [-0.05, 0) is 30.7 Å². The normalized spacial score (nSPS) is 14.1. The van der Waals surface area contributed by atoms with Gasteiger partial charge in [0.05, 0.1) is 12.8 Å². The zero-order valence-corrected chi connectivity index (χ0v) is 22.4. The van der Waals surface area contributed by atoms with Gasteiger partial charge in [0, 0.05) is 0 Å². The molecule has 0 unspecified atom stereocenters. The lowest BCUT2D eigenvalue weighted by molar-refractivity contribution is -0.142. The van der Waals surface area contributed by atoms with Crippen LogP contribution in [0.4, 0.5) is 0 Å². The van der Waals surface area contributed by atoms with E-state index in [0.29, 0.717) is 5.56 Å².